The molecule has 0 saturated heterocycles. The highest BCUT2D eigenvalue weighted by molar-refractivity contribution is 6.31. The van der Waals surface area contributed by atoms with Crippen LogP contribution >= 0.6 is 11.6 Å². The minimum Gasteiger partial charge on any atom is -0.351 e. The molecule has 1 fully saturated rings. The predicted molar refractivity (Wildman–Crippen MR) is 130 cm³/mol. The topological polar surface area (TPSA) is 62.3 Å². The third kappa shape index (κ3) is 5.81. The second kappa shape index (κ2) is 11.3. The van der Waals surface area contributed by atoms with E-state index in [0.717, 1.165) is 32.1 Å². The fourth-order valence-electron chi connectivity index (χ4n) is 4.38. The predicted octanol–water partition coefficient (Wildman–Crippen LogP) is 5.71. The lowest BCUT2D eigenvalue weighted by molar-refractivity contribution is -0.127. The Bertz CT molecular complexity index is 1120. The van der Waals surface area contributed by atoms with Crippen LogP contribution in [0.1, 0.15) is 59.8 Å². The molecule has 5 nitrogen and oxygen atoms in total. The van der Waals surface area contributed by atoms with E-state index in [4.69, 9.17) is 11.6 Å². The third-order valence-electron chi connectivity index (χ3n) is 6.12. The molecule has 1 atom stereocenters. The zero-order valence-electron chi connectivity index (χ0n) is 18.8. The molecule has 1 unspecified atom stereocenters. The number of carbonyl (C=O) groups excluding carboxylic acids is 2. The van der Waals surface area contributed by atoms with Gasteiger partial charge in [0, 0.05) is 29.4 Å². The Morgan fingerprint density at radius 1 is 1.00 bits per heavy atom. The summed E-state index contributed by atoms with van der Waals surface area (Å²) in [4.78, 5) is 33.1. The first-order valence-corrected chi connectivity index (χ1v) is 11.9. The van der Waals surface area contributed by atoms with Crippen LogP contribution in [-0.2, 0) is 11.3 Å². The molecule has 7 heteroatoms. The molecule has 1 aromatic heterocycles. The molecule has 2 amide bonds. The van der Waals surface area contributed by atoms with Crippen LogP contribution in [0.4, 0.5) is 4.39 Å². The molecule has 1 saturated carbocycles. The number of carbonyl (C=O) groups is 2. The number of pyridine rings is 1. The maximum absolute atomic E-state index is 13.7. The number of benzene rings is 2. The van der Waals surface area contributed by atoms with E-state index in [1.54, 1.807) is 54.6 Å². The highest BCUT2D eigenvalue weighted by Gasteiger charge is 2.35. The molecule has 1 aliphatic carbocycles. The zero-order valence-corrected chi connectivity index (χ0v) is 19.5. The minimum atomic E-state index is -0.977. The molecular weight excluding hydrogens is 453 g/mol. The summed E-state index contributed by atoms with van der Waals surface area (Å²) in [6, 6.07) is 17.1. The van der Waals surface area contributed by atoms with E-state index in [2.05, 4.69) is 10.3 Å². The lowest BCUT2D eigenvalue weighted by Crippen LogP contribution is -2.47. The van der Waals surface area contributed by atoms with Gasteiger partial charge in [0.1, 0.15) is 17.6 Å². The van der Waals surface area contributed by atoms with Gasteiger partial charge in [0.25, 0.3) is 5.91 Å². The molecule has 1 N–H and O–H groups in total. The van der Waals surface area contributed by atoms with Gasteiger partial charge >= 0.3 is 0 Å². The molecule has 34 heavy (non-hydrogen) atoms. The van der Waals surface area contributed by atoms with Crippen LogP contribution in [-0.4, -0.2) is 27.7 Å². The first-order valence-electron chi connectivity index (χ1n) is 11.5. The monoisotopic (exact) mass is 479 g/mol. The van der Waals surface area contributed by atoms with E-state index in [-0.39, 0.29) is 30.0 Å². The van der Waals surface area contributed by atoms with Crippen LogP contribution in [0.25, 0.3) is 0 Å². The van der Waals surface area contributed by atoms with Crippen molar-refractivity contribution in [1.82, 2.24) is 15.2 Å². The standard InChI is InChI=1S/C27H27ClFN3O2/c28-23-11-5-4-10-22(23)25(26(33)31-21-8-2-1-3-9-21)32(18-19-13-15-20(29)16-14-19)27(34)24-12-6-7-17-30-24/h4-7,10-17,21,25H,1-3,8-9,18H2,(H,31,33). The van der Waals surface area contributed by atoms with E-state index < -0.39 is 11.9 Å². The summed E-state index contributed by atoms with van der Waals surface area (Å²) >= 11 is 6.54. The normalized spacial score (nSPS) is 14.9. The van der Waals surface area contributed by atoms with Gasteiger partial charge in [-0.25, -0.2) is 4.39 Å². The number of amides is 2. The number of nitrogens with one attached hydrogen (secondary N) is 1. The Balaban J connectivity index is 1.75. The number of halogens is 2. The molecule has 3 aromatic rings. The second-order valence-corrected chi connectivity index (χ2v) is 8.95. The summed E-state index contributed by atoms with van der Waals surface area (Å²) in [5, 5.41) is 3.55. The zero-order chi connectivity index (χ0) is 23.9. The van der Waals surface area contributed by atoms with Crippen molar-refractivity contribution >= 4 is 23.4 Å². The summed E-state index contributed by atoms with van der Waals surface area (Å²) < 4.78 is 13.5. The number of hydrogen-bond donors (Lipinski definition) is 1. The van der Waals surface area contributed by atoms with Gasteiger partial charge in [-0.1, -0.05) is 67.3 Å². The highest BCUT2D eigenvalue weighted by atomic mass is 35.5. The van der Waals surface area contributed by atoms with E-state index in [1.165, 1.54) is 23.2 Å². The van der Waals surface area contributed by atoms with Crippen molar-refractivity contribution in [3.8, 4) is 0 Å². The third-order valence-corrected chi connectivity index (χ3v) is 6.47. The quantitative estimate of drug-likeness (QED) is 0.472. The SMILES string of the molecule is O=C(NC1CCCCC1)C(c1ccccc1Cl)N(Cc1ccc(F)cc1)C(=O)c1ccccn1. The Hall–Kier alpha value is -3.25. The maximum Gasteiger partial charge on any atom is 0.273 e. The van der Waals surface area contributed by atoms with Crippen molar-refractivity contribution in [2.45, 2.75) is 50.7 Å². The molecular formula is C27H27ClFN3O2. The average Bonchev–Trinajstić information content (AvgIpc) is 2.86. The fraction of sp³-hybridized carbons (Fsp3) is 0.296. The lowest BCUT2D eigenvalue weighted by Gasteiger charge is -2.33. The number of nitrogens with zero attached hydrogens (tertiary/aromatic N) is 2. The molecule has 0 spiro atoms. The van der Waals surface area contributed by atoms with E-state index in [0.29, 0.717) is 16.1 Å². The van der Waals surface area contributed by atoms with Gasteiger partial charge in [-0.2, -0.15) is 0 Å². The largest absolute Gasteiger partial charge is 0.351 e. The number of hydrogen-bond acceptors (Lipinski definition) is 3. The first kappa shape index (κ1) is 23.9. The average molecular weight is 480 g/mol. The van der Waals surface area contributed by atoms with E-state index in [1.807, 2.05) is 0 Å². The van der Waals surface area contributed by atoms with Crippen LogP contribution in [0, 0.1) is 5.82 Å². The summed E-state index contributed by atoms with van der Waals surface area (Å²) in [5.41, 5.74) is 1.43. The highest BCUT2D eigenvalue weighted by Crippen LogP contribution is 2.31. The summed E-state index contributed by atoms with van der Waals surface area (Å²) in [7, 11) is 0. The Kier molecular flexibility index (Phi) is 7.91. The maximum atomic E-state index is 13.7. The van der Waals surface area contributed by atoms with Gasteiger partial charge in [0.2, 0.25) is 5.91 Å². The Morgan fingerprint density at radius 3 is 2.38 bits per heavy atom. The Morgan fingerprint density at radius 2 is 1.71 bits per heavy atom. The van der Waals surface area contributed by atoms with Gasteiger partial charge < -0.3 is 10.2 Å². The van der Waals surface area contributed by atoms with Crippen molar-refractivity contribution in [3.63, 3.8) is 0 Å². The number of aromatic nitrogens is 1. The van der Waals surface area contributed by atoms with E-state index >= 15 is 0 Å². The van der Waals surface area contributed by atoms with Crippen LogP contribution in [0.2, 0.25) is 5.02 Å². The lowest BCUT2D eigenvalue weighted by atomic mass is 9.94. The molecule has 0 aliphatic heterocycles. The molecule has 1 aliphatic rings. The van der Waals surface area contributed by atoms with Gasteiger partial charge in [-0.15, -0.1) is 0 Å². The Labute approximate surface area is 204 Å². The van der Waals surface area contributed by atoms with Gasteiger partial charge in [0.05, 0.1) is 0 Å². The molecule has 2 aromatic carbocycles. The molecule has 1 heterocycles. The van der Waals surface area contributed by atoms with Gasteiger partial charge in [-0.05, 0) is 48.7 Å². The molecule has 0 bridgehead atoms. The first-order chi connectivity index (χ1) is 16.5. The van der Waals surface area contributed by atoms with Crippen LogP contribution < -0.4 is 5.32 Å². The summed E-state index contributed by atoms with van der Waals surface area (Å²) in [6.45, 7) is 0.0870. The van der Waals surface area contributed by atoms with Crippen molar-refractivity contribution in [2.75, 3.05) is 0 Å². The van der Waals surface area contributed by atoms with E-state index in [9.17, 15) is 14.0 Å². The van der Waals surface area contributed by atoms with Crippen LogP contribution in [0.5, 0.6) is 0 Å². The summed E-state index contributed by atoms with van der Waals surface area (Å²) in [5.74, 6) is -1.07. The van der Waals surface area contributed by atoms with Crippen LogP contribution in [0.15, 0.2) is 72.9 Å². The van der Waals surface area contributed by atoms with Crippen molar-refractivity contribution < 1.29 is 14.0 Å². The van der Waals surface area contributed by atoms with Crippen molar-refractivity contribution in [1.29, 1.82) is 0 Å². The smallest absolute Gasteiger partial charge is 0.273 e. The van der Waals surface area contributed by atoms with Crippen molar-refractivity contribution in [2.24, 2.45) is 0 Å². The minimum absolute atomic E-state index is 0.0591. The fourth-order valence-corrected chi connectivity index (χ4v) is 4.62. The van der Waals surface area contributed by atoms with Crippen molar-refractivity contribution in [3.05, 3.63) is 101 Å². The second-order valence-electron chi connectivity index (χ2n) is 8.54. The number of rotatable bonds is 7. The van der Waals surface area contributed by atoms with Crippen LogP contribution in [0.3, 0.4) is 0 Å². The summed E-state index contributed by atoms with van der Waals surface area (Å²) in [6.07, 6.45) is 6.65. The van der Waals surface area contributed by atoms with Gasteiger partial charge in [0.15, 0.2) is 0 Å². The van der Waals surface area contributed by atoms with Gasteiger partial charge in [-0.3, -0.25) is 14.6 Å². The molecule has 176 valence electrons. The molecule has 0 radical (unpaired) electrons. The molecule has 4 rings (SSSR count).